The number of aryl methyl sites for hydroxylation is 1. The fraction of sp³-hybridized carbons (Fsp3) is 0.600. The van der Waals surface area contributed by atoms with Crippen LogP contribution in [-0.4, -0.2) is 0 Å². The molecule has 3 N–H and O–H groups in total. The SMILES string of the molecule is Cc1cc(F)cc(C(NN)C2CCCC(C)C2)c1. The van der Waals surface area contributed by atoms with Crippen molar-refractivity contribution >= 4 is 0 Å². The number of halogens is 1. The molecule has 0 spiro atoms. The van der Waals surface area contributed by atoms with E-state index in [0.29, 0.717) is 5.92 Å². The average molecular weight is 250 g/mol. The molecule has 1 aromatic rings. The van der Waals surface area contributed by atoms with Gasteiger partial charge >= 0.3 is 0 Å². The Morgan fingerprint density at radius 2 is 2.11 bits per heavy atom. The van der Waals surface area contributed by atoms with Crippen molar-refractivity contribution in [2.24, 2.45) is 17.7 Å². The molecule has 1 fully saturated rings. The van der Waals surface area contributed by atoms with Crippen LogP contribution in [0.25, 0.3) is 0 Å². The summed E-state index contributed by atoms with van der Waals surface area (Å²) in [5.41, 5.74) is 4.83. The van der Waals surface area contributed by atoms with Crippen molar-refractivity contribution in [2.45, 2.75) is 45.6 Å². The summed E-state index contributed by atoms with van der Waals surface area (Å²) in [5.74, 6) is 6.80. The summed E-state index contributed by atoms with van der Waals surface area (Å²) in [7, 11) is 0. The molecule has 1 aliphatic rings. The van der Waals surface area contributed by atoms with Crippen molar-refractivity contribution in [1.29, 1.82) is 0 Å². The molecule has 3 heteroatoms. The molecular formula is C15H23FN2. The summed E-state index contributed by atoms with van der Waals surface area (Å²) in [6.45, 7) is 4.21. The Kier molecular flexibility index (Phi) is 4.36. The van der Waals surface area contributed by atoms with Gasteiger partial charge in [0.15, 0.2) is 0 Å². The first-order valence-corrected chi connectivity index (χ1v) is 6.83. The molecule has 3 unspecified atom stereocenters. The standard InChI is InChI=1S/C15H23FN2/c1-10-4-3-5-12(6-10)15(18-17)13-7-11(2)8-14(16)9-13/h7-10,12,15,18H,3-6,17H2,1-2H3. The van der Waals surface area contributed by atoms with Gasteiger partial charge in [-0.1, -0.05) is 25.8 Å². The first-order chi connectivity index (χ1) is 8.60. The molecule has 2 rings (SSSR count). The van der Waals surface area contributed by atoms with Crippen molar-refractivity contribution in [3.8, 4) is 0 Å². The zero-order valence-corrected chi connectivity index (χ0v) is 11.2. The minimum absolute atomic E-state index is 0.0714. The summed E-state index contributed by atoms with van der Waals surface area (Å²) in [6, 6.07) is 5.27. The number of hydrogen-bond acceptors (Lipinski definition) is 2. The van der Waals surface area contributed by atoms with E-state index in [-0.39, 0.29) is 11.9 Å². The van der Waals surface area contributed by atoms with Crippen molar-refractivity contribution in [3.05, 3.63) is 35.1 Å². The van der Waals surface area contributed by atoms with E-state index in [1.165, 1.54) is 25.7 Å². The number of nitrogens with one attached hydrogen (secondary N) is 1. The Balaban J connectivity index is 2.21. The maximum Gasteiger partial charge on any atom is 0.123 e. The molecule has 3 atom stereocenters. The monoisotopic (exact) mass is 250 g/mol. The predicted octanol–water partition coefficient (Wildman–Crippen LogP) is 3.46. The third kappa shape index (κ3) is 3.09. The molecule has 100 valence electrons. The van der Waals surface area contributed by atoms with Crippen LogP contribution < -0.4 is 11.3 Å². The van der Waals surface area contributed by atoms with Gasteiger partial charge in [0, 0.05) is 6.04 Å². The van der Waals surface area contributed by atoms with Crippen molar-refractivity contribution in [3.63, 3.8) is 0 Å². The largest absolute Gasteiger partial charge is 0.271 e. The quantitative estimate of drug-likeness (QED) is 0.637. The molecule has 0 saturated heterocycles. The van der Waals surface area contributed by atoms with E-state index < -0.39 is 0 Å². The van der Waals surface area contributed by atoms with E-state index in [2.05, 4.69) is 12.3 Å². The van der Waals surface area contributed by atoms with Gasteiger partial charge in [-0.3, -0.25) is 11.3 Å². The van der Waals surface area contributed by atoms with Gasteiger partial charge in [-0.05, 0) is 54.9 Å². The van der Waals surface area contributed by atoms with Gasteiger partial charge in [0.2, 0.25) is 0 Å². The first-order valence-electron chi connectivity index (χ1n) is 6.83. The van der Waals surface area contributed by atoms with Gasteiger partial charge in [-0.25, -0.2) is 4.39 Å². The molecule has 2 nitrogen and oxygen atoms in total. The molecular weight excluding hydrogens is 227 g/mol. The van der Waals surface area contributed by atoms with E-state index in [1.807, 2.05) is 13.0 Å². The van der Waals surface area contributed by atoms with Crippen molar-refractivity contribution in [1.82, 2.24) is 5.43 Å². The van der Waals surface area contributed by atoms with Gasteiger partial charge in [-0.2, -0.15) is 0 Å². The lowest BCUT2D eigenvalue weighted by Gasteiger charge is -2.33. The molecule has 0 aliphatic heterocycles. The van der Waals surface area contributed by atoms with Crippen molar-refractivity contribution < 1.29 is 4.39 Å². The maximum absolute atomic E-state index is 13.5. The highest BCUT2D eigenvalue weighted by molar-refractivity contribution is 5.26. The van der Waals surface area contributed by atoms with Gasteiger partial charge in [0.05, 0.1) is 0 Å². The second kappa shape index (κ2) is 5.81. The highest BCUT2D eigenvalue weighted by Crippen LogP contribution is 2.37. The van der Waals surface area contributed by atoms with E-state index in [0.717, 1.165) is 17.0 Å². The minimum atomic E-state index is -0.172. The lowest BCUT2D eigenvalue weighted by molar-refractivity contribution is 0.224. The lowest BCUT2D eigenvalue weighted by Crippen LogP contribution is -2.35. The fourth-order valence-electron chi connectivity index (χ4n) is 3.23. The molecule has 0 aromatic heterocycles. The second-order valence-corrected chi connectivity index (χ2v) is 5.74. The highest BCUT2D eigenvalue weighted by atomic mass is 19.1. The molecule has 0 amide bonds. The van der Waals surface area contributed by atoms with Crippen LogP contribution in [0.1, 0.15) is 49.8 Å². The lowest BCUT2D eigenvalue weighted by atomic mass is 9.77. The van der Waals surface area contributed by atoms with Crippen LogP contribution in [-0.2, 0) is 0 Å². The summed E-state index contributed by atoms with van der Waals surface area (Å²) < 4.78 is 13.5. The average Bonchev–Trinajstić information content (AvgIpc) is 2.28. The van der Waals surface area contributed by atoms with Gasteiger partial charge in [0.1, 0.15) is 5.82 Å². The molecule has 0 bridgehead atoms. The number of nitrogens with two attached hydrogens (primary N) is 1. The van der Waals surface area contributed by atoms with Crippen LogP contribution in [0.15, 0.2) is 18.2 Å². The van der Waals surface area contributed by atoms with Crippen LogP contribution in [0.2, 0.25) is 0 Å². The number of hydrogen-bond donors (Lipinski definition) is 2. The van der Waals surface area contributed by atoms with Crippen LogP contribution in [0, 0.1) is 24.6 Å². The van der Waals surface area contributed by atoms with Gasteiger partial charge < -0.3 is 0 Å². The van der Waals surface area contributed by atoms with Crippen LogP contribution in [0.3, 0.4) is 0 Å². The normalized spacial score (nSPS) is 26.0. The van der Waals surface area contributed by atoms with Crippen LogP contribution >= 0.6 is 0 Å². The van der Waals surface area contributed by atoms with Crippen LogP contribution in [0.5, 0.6) is 0 Å². The van der Waals surface area contributed by atoms with Crippen molar-refractivity contribution in [2.75, 3.05) is 0 Å². The molecule has 1 saturated carbocycles. The Morgan fingerprint density at radius 3 is 2.72 bits per heavy atom. The van der Waals surface area contributed by atoms with Gasteiger partial charge in [0.25, 0.3) is 0 Å². The number of benzene rings is 1. The molecule has 1 aromatic carbocycles. The van der Waals surface area contributed by atoms with E-state index >= 15 is 0 Å². The van der Waals surface area contributed by atoms with E-state index in [9.17, 15) is 4.39 Å². The first kappa shape index (κ1) is 13.5. The molecule has 1 aliphatic carbocycles. The third-order valence-corrected chi connectivity index (χ3v) is 4.05. The summed E-state index contributed by atoms with van der Waals surface area (Å²) in [4.78, 5) is 0. The number of rotatable bonds is 3. The fourth-order valence-corrected chi connectivity index (χ4v) is 3.23. The van der Waals surface area contributed by atoms with E-state index in [4.69, 9.17) is 5.84 Å². The molecule has 0 radical (unpaired) electrons. The Morgan fingerprint density at radius 1 is 1.33 bits per heavy atom. The predicted molar refractivity (Wildman–Crippen MR) is 72.3 cm³/mol. The Bertz CT molecular complexity index is 385. The Labute approximate surface area is 109 Å². The molecule has 0 heterocycles. The molecule has 18 heavy (non-hydrogen) atoms. The van der Waals surface area contributed by atoms with E-state index in [1.54, 1.807) is 12.1 Å². The second-order valence-electron chi connectivity index (χ2n) is 5.74. The Hall–Kier alpha value is -0.930. The summed E-state index contributed by atoms with van der Waals surface area (Å²) >= 11 is 0. The highest BCUT2D eigenvalue weighted by Gasteiger charge is 2.27. The maximum atomic E-state index is 13.5. The zero-order valence-electron chi connectivity index (χ0n) is 11.2. The summed E-state index contributed by atoms with van der Waals surface area (Å²) in [5, 5.41) is 0. The smallest absolute Gasteiger partial charge is 0.123 e. The third-order valence-electron chi connectivity index (χ3n) is 4.05. The number of hydrazine groups is 1. The topological polar surface area (TPSA) is 38.0 Å². The zero-order chi connectivity index (χ0) is 13.1. The van der Waals surface area contributed by atoms with Gasteiger partial charge in [-0.15, -0.1) is 0 Å². The minimum Gasteiger partial charge on any atom is -0.271 e. The summed E-state index contributed by atoms with van der Waals surface area (Å²) in [6.07, 6.45) is 4.90. The van der Waals surface area contributed by atoms with Crippen LogP contribution in [0.4, 0.5) is 4.39 Å².